The van der Waals surface area contributed by atoms with Crippen molar-refractivity contribution in [3.8, 4) is 0 Å². The van der Waals surface area contributed by atoms with Crippen molar-refractivity contribution in [2.24, 2.45) is 5.41 Å². The van der Waals surface area contributed by atoms with Gasteiger partial charge in [0.15, 0.2) is 0 Å². The standard InChI is InChI=1S/C25H26ClN3O5/c1-13-6-9-17(34-13)23(25(2,3)4)28-20-19(21(31)22(20)32)27-16-8-7-15(26)14-12-29(10-5-11-30)24(33)18(14)16/h6-9,11,23,27-28H,5,10,12H2,1-4H3/t23-/m0/s1. The number of carbonyl (C=O) groups excluding carboxylic acids is 2. The SMILES string of the molecule is Cc1ccc([C@H](Nc2c(Nc3ccc(Cl)c4c3C(=O)N(CCC=O)C4)c(=O)c2=O)C(C)(C)C)o1. The van der Waals surface area contributed by atoms with Crippen molar-refractivity contribution < 1.29 is 14.0 Å². The average Bonchev–Trinajstić information content (AvgIpc) is 3.35. The predicted molar refractivity (Wildman–Crippen MR) is 131 cm³/mol. The highest BCUT2D eigenvalue weighted by molar-refractivity contribution is 6.32. The molecule has 2 N–H and O–H groups in total. The summed E-state index contributed by atoms with van der Waals surface area (Å²) in [6.07, 6.45) is 0.970. The van der Waals surface area contributed by atoms with Crippen molar-refractivity contribution in [2.75, 3.05) is 17.2 Å². The molecule has 0 fully saturated rings. The van der Waals surface area contributed by atoms with Gasteiger partial charge >= 0.3 is 0 Å². The summed E-state index contributed by atoms with van der Waals surface area (Å²) < 4.78 is 5.80. The number of carbonyl (C=O) groups is 2. The van der Waals surface area contributed by atoms with Crippen LogP contribution < -0.4 is 21.5 Å². The fourth-order valence-corrected chi connectivity index (χ4v) is 4.40. The van der Waals surface area contributed by atoms with Gasteiger partial charge < -0.3 is 24.7 Å². The summed E-state index contributed by atoms with van der Waals surface area (Å²) >= 11 is 6.33. The van der Waals surface area contributed by atoms with E-state index in [0.29, 0.717) is 27.6 Å². The molecule has 0 radical (unpaired) electrons. The molecular weight excluding hydrogens is 458 g/mol. The number of rotatable bonds is 8. The lowest BCUT2D eigenvalue weighted by Crippen LogP contribution is -2.39. The van der Waals surface area contributed by atoms with Crippen LogP contribution in [0.4, 0.5) is 17.1 Å². The fraction of sp³-hybridized carbons (Fsp3) is 0.360. The molecule has 34 heavy (non-hydrogen) atoms. The van der Waals surface area contributed by atoms with Gasteiger partial charge in [-0.1, -0.05) is 32.4 Å². The van der Waals surface area contributed by atoms with E-state index >= 15 is 0 Å². The molecule has 9 heteroatoms. The Morgan fingerprint density at radius 2 is 1.82 bits per heavy atom. The van der Waals surface area contributed by atoms with Gasteiger partial charge in [-0.15, -0.1) is 0 Å². The molecule has 3 aromatic rings. The molecule has 0 aliphatic carbocycles. The first-order valence-corrected chi connectivity index (χ1v) is 11.4. The molecular formula is C25H26ClN3O5. The van der Waals surface area contributed by atoms with Crippen LogP contribution in [0, 0.1) is 12.3 Å². The summed E-state index contributed by atoms with van der Waals surface area (Å²) in [6, 6.07) is 6.56. The van der Waals surface area contributed by atoms with Crippen molar-refractivity contribution >= 4 is 40.9 Å². The second kappa shape index (κ2) is 8.76. The van der Waals surface area contributed by atoms with Crippen LogP contribution in [0.3, 0.4) is 0 Å². The monoisotopic (exact) mass is 483 g/mol. The maximum absolute atomic E-state index is 13.0. The predicted octanol–water partition coefficient (Wildman–Crippen LogP) is 4.33. The zero-order valence-corrected chi connectivity index (χ0v) is 20.2. The third-order valence-corrected chi connectivity index (χ3v) is 6.35. The minimum atomic E-state index is -0.669. The number of benzene rings is 1. The molecule has 0 unspecified atom stereocenters. The molecule has 8 nitrogen and oxygen atoms in total. The second-order valence-corrected chi connectivity index (χ2v) is 9.96. The van der Waals surface area contributed by atoms with Crippen molar-refractivity contribution in [1.82, 2.24) is 4.90 Å². The lowest BCUT2D eigenvalue weighted by atomic mass is 9.85. The Morgan fingerprint density at radius 1 is 1.12 bits per heavy atom. The summed E-state index contributed by atoms with van der Waals surface area (Å²) in [6.45, 7) is 8.39. The molecule has 4 rings (SSSR count). The van der Waals surface area contributed by atoms with Crippen molar-refractivity contribution in [2.45, 2.75) is 46.7 Å². The quantitative estimate of drug-likeness (QED) is 0.362. The molecule has 0 bridgehead atoms. The van der Waals surface area contributed by atoms with E-state index in [0.717, 1.165) is 12.0 Å². The maximum atomic E-state index is 13.0. The zero-order valence-electron chi connectivity index (χ0n) is 19.5. The highest BCUT2D eigenvalue weighted by Gasteiger charge is 2.35. The molecule has 1 amide bonds. The van der Waals surface area contributed by atoms with Crippen LogP contribution in [0.2, 0.25) is 5.02 Å². The molecule has 1 aliphatic heterocycles. The molecule has 0 spiro atoms. The van der Waals surface area contributed by atoms with Gasteiger partial charge in [-0.25, -0.2) is 0 Å². The van der Waals surface area contributed by atoms with Gasteiger partial charge in [0.2, 0.25) is 0 Å². The van der Waals surface area contributed by atoms with E-state index in [4.69, 9.17) is 16.0 Å². The lowest BCUT2D eigenvalue weighted by molar-refractivity contribution is -0.108. The van der Waals surface area contributed by atoms with Gasteiger partial charge in [0.05, 0.1) is 17.3 Å². The van der Waals surface area contributed by atoms with Crippen LogP contribution >= 0.6 is 11.6 Å². The Hall–Kier alpha value is -3.39. The topological polar surface area (TPSA) is 109 Å². The van der Waals surface area contributed by atoms with Crippen LogP contribution in [0.5, 0.6) is 0 Å². The first kappa shape index (κ1) is 23.8. The third kappa shape index (κ3) is 4.14. The number of aryl methyl sites for hydroxylation is 1. The van der Waals surface area contributed by atoms with Crippen molar-refractivity contribution in [3.05, 3.63) is 72.4 Å². The summed E-state index contributed by atoms with van der Waals surface area (Å²) in [7, 11) is 0. The van der Waals surface area contributed by atoms with E-state index in [-0.39, 0.29) is 48.2 Å². The van der Waals surface area contributed by atoms with Gasteiger partial charge in [-0.05, 0) is 36.6 Å². The van der Waals surface area contributed by atoms with E-state index in [1.807, 2.05) is 39.8 Å². The smallest absolute Gasteiger partial charge is 0.256 e. The van der Waals surface area contributed by atoms with Gasteiger partial charge in [0, 0.05) is 30.1 Å². The lowest BCUT2D eigenvalue weighted by Gasteiger charge is -2.31. The molecule has 1 aliphatic rings. The van der Waals surface area contributed by atoms with Crippen LogP contribution in [0.1, 0.15) is 60.7 Å². The second-order valence-electron chi connectivity index (χ2n) is 9.56. The van der Waals surface area contributed by atoms with Crippen molar-refractivity contribution in [3.63, 3.8) is 0 Å². The van der Waals surface area contributed by atoms with E-state index in [2.05, 4.69) is 10.6 Å². The normalized spacial score (nSPS) is 14.4. The Labute approximate surface area is 201 Å². The number of hydrogen-bond acceptors (Lipinski definition) is 7. The molecule has 0 saturated carbocycles. The maximum Gasteiger partial charge on any atom is 0.256 e. The minimum absolute atomic E-state index is 0.0891. The summed E-state index contributed by atoms with van der Waals surface area (Å²) in [4.78, 5) is 50.3. The Balaban J connectivity index is 1.67. The molecule has 2 heterocycles. The number of fused-ring (bicyclic) bond motifs is 1. The van der Waals surface area contributed by atoms with Gasteiger partial charge in [-0.3, -0.25) is 14.4 Å². The van der Waals surface area contributed by atoms with E-state index in [1.54, 1.807) is 12.1 Å². The third-order valence-electron chi connectivity index (χ3n) is 5.99. The van der Waals surface area contributed by atoms with E-state index in [1.165, 1.54) is 4.90 Å². The van der Waals surface area contributed by atoms with Crippen LogP contribution in [-0.2, 0) is 11.3 Å². The summed E-state index contributed by atoms with van der Waals surface area (Å²) in [5.41, 5.74) is -0.0627. The highest BCUT2D eigenvalue weighted by Crippen LogP contribution is 2.39. The fourth-order valence-electron chi connectivity index (χ4n) is 4.19. The number of hydrogen-bond donors (Lipinski definition) is 2. The summed E-state index contributed by atoms with van der Waals surface area (Å²) in [5, 5.41) is 6.61. The number of anilines is 3. The number of nitrogens with zero attached hydrogens (tertiary/aromatic N) is 1. The first-order valence-electron chi connectivity index (χ1n) is 11.0. The van der Waals surface area contributed by atoms with E-state index in [9.17, 15) is 19.2 Å². The average molecular weight is 484 g/mol. The highest BCUT2D eigenvalue weighted by atomic mass is 35.5. The number of amides is 1. The first-order chi connectivity index (χ1) is 16.0. The molecule has 1 atom stereocenters. The number of nitrogens with one attached hydrogen (secondary N) is 2. The zero-order chi connectivity index (χ0) is 24.8. The minimum Gasteiger partial charge on any atom is -0.464 e. The van der Waals surface area contributed by atoms with Gasteiger partial charge in [0.25, 0.3) is 16.8 Å². The summed E-state index contributed by atoms with van der Waals surface area (Å²) in [5.74, 6) is 1.11. The van der Waals surface area contributed by atoms with Crippen molar-refractivity contribution in [1.29, 1.82) is 0 Å². The molecule has 178 valence electrons. The Kier molecular flexibility index (Phi) is 6.12. The van der Waals surface area contributed by atoms with Gasteiger partial charge in [-0.2, -0.15) is 0 Å². The van der Waals surface area contributed by atoms with Gasteiger partial charge in [0.1, 0.15) is 29.2 Å². The molecule has 1 aromatic heterocycles. The number of aldehydes is 1. The molecule has 2 aromatic carbocycles. The van der Waals surface area contributed by atoms with Crippen LogP contribution in [0.25, 0.3) is 0 Å². The van der Waals surface area contributed by atoms with E-state index < -0.39 is 10.9 Å². The number of furan rings is 1. The number of halogens is 1. The van der Waals surface area contributed by atoms with Crippen LogP contribution in [0.15, 0.2) is 38.3 Å². The largest absolute Gasteiger partial charge is 0.464 e. The molecule has 0 saturated heterocycles. The Bertz CT molecular complexity index is 1340. The Morgan fingerprint density at radius 3 is 2.44 bits per heavy atom. The van der Waals surface area contributed by atoms with Crippen LogP contribution in [-0.4, -0.2) is 23.6 Å².